The molecular weight excluding hydrogens is 364 g/mol. The molecule has 0 saturated carbocycles. The summed E-state index contributed by atoms with van der Waals surface area (Å²) in [5.74, 6) is 0.0171. The van der Waals surface area contributed by atoms with Crippen LogP contribution in [0.2, 0.25) is 0 Å². The number of furan rings is 1. The first-order chi connectivity index (χ1) is 12.8. The Hall–Kier alpha value is -2.12. The molecule has 3 rings (SSSR count). The van der Waals surface area contributed by atoms with E-state index in [0.29, 0.717) is 13.1 Å². The molecule has 1 N–H and O–H groups in total. The molecule has 1 aliphatic rings. The number of aryl methyl sites for hydroxylation is 1. The Morgan fingerprint density at radius 1 is 1.15 bits per heavy atom. The molecule has 1 aliphatic heterocycles. The Morgan fingerprint density at radius 2 is 1.78 bits per heavy atom. The number of nitrogens with one attached hydrogen (secondary N) is 1. The maximum Gasteiger partial charge on any atom is 0.287 e. The Kier molecular flexibility index (Phi) is 5.72. The standard InChI is InChI=1S/C20H26N2O4S/c1-14(2)19(16-9-5-4-6-10-16)21-20(23)17-13-18(15(3)26-17)27(24,25)22-11-7-8-12-22/h4-6,9-10,13-14,19H,7-8,11-12H2,1-3H3,(H,21,23)/t19-/m0/s1. The van der Waals surface area contributed by atoms with Crippen LogP contribution in [-0.4, -0.2) is 31.7 Å². The Balaban J connectivity index is 1.83. The maximum atomic E-state index is 12.8. The molecule has 2 aromatic rings. The first-order valence-electron chi connectivity index (χ1n) is 9.27. The molecule has 1 fully saturated rings. The van der Waals surface area contributed by atoms with Crippen molar-refractivity contribution in [3.05, 3.63) is 53.5 Å². The van der Waals surface area contributed by atoms with E-state index >= 15 is 0 Å². The molecule has 27 heavy (non-hydrogen) atoms. The predicted molar refractivity (Wildman–Crippen MR) is 103 cm³/mol. The fraction of sp³-hybridized carbons (Fsp3) is 0.450. The number of sulfonamides is 1. The monoisotopic (exact) mass is 390 g/mol. The zero-order chi connectivity index (χ0) is 19.6. The third-order valence-corrected chi connectivity index (χ3v) is 6.90. The minimum atomic E-state index is -3.62. The van der Waals surface area contributed by atoms with E-state index in [1.807, 2.05) is 44.2 Å². The van der Waals surface area contributed by atoms with Crippen molar-refractivity contribution in [1.82, 2.24) is 9.62 Å². The number of benzene rings is 1. The number of carbonyl (C=O) groups excluding carboxylic acids is 1. The molecule has 0 spiro atoms. The Morgan fingerprint density at radius 3 is 2.37 bits per heavy atom. The predicted octanol–water partition coefficient (Wildman–Crippen LogP) is 3.50. The lowest BCUT2D eigenvalue weighted by atomic mass is 9.96. The average Bonchev–Trinajstić information content (AvgIpc) is 3.30. The van der Waals surface area contributed by atoms with E-state index in [1.165, 1.54) is 10.4 Å². The molecule has 1 atom stereocenters. The van der Waals surface area contributed by atoms with Crippen LogP contribution in [0.15, 0.2) is 45.7 Å². The Labute approximate surface area is 160 Å². The van der Waals surface area contributed by atoms with Gasteiger partial charge >= 0.3 is 0 Å². The van der Waals surface area contributed by atoms with Crippen molar-refractivity contribution in [3.8, 4) is 0 Å². The first kappa shape index (κ1) is 19.6. The van der Waals surface area contributed by atoms with Gasteiger partial charge in [0.1, 0.15) is 10.7 Å². The summed E-state index contributed by atoms with van der Waals surface area (Å²) in [4.78, 5) is 12.8. The van der Waals surface area contributed by atoms with Crippen LogP contribution < -0.4 is 5.32 Å². The van der Waals surface area contributed by atoms with Crippen LogP contribution in [0, 0.1) is 12.8 Å². The fourth-order valence-electron chi connectivity index (χ4n) is 3.41. The third-order valence-electron chi connectivity index (χ3n) is 4.89. The van der Waals surface area contributed by atoms with Gasteiger partial charge in [-0.05, 0) is 31.2 Å². The molecule has 146 valence electrons. The third kappa shape index (κ3) is 4.09. The molecule has 6 nitrogen and oxygen atoms in total. The van der Waals surface area contributed by atoms with Crippen LogP contribution in [0.4, 0.5) is 0 Å². The molecular formula is C20H26N2O4S. The van der Waals surface area contributed by atoms with Gasteiger partial charge in [0, 0.05) is 19.2 Å². The van der Waals surface area contributed by atoms with Gasteiger partial charge in [-0.15, -0.1) is 0 Å². The number of nitrogens with zero attached hydrogens (tertiary/aromatic N) is 1. The molecule has 1 amide bonds. The van der Waals surface area contributed by atoms with Crippen molar-refractivity contribution < 1.29 is 17.6 Å². The Bertz CT molecular complexity index is 897. The smallest absolute Gasteiger partial charge is 0.287 e. The molecule has 0 bridgehead atoms. The van der Waals surface area contributed by atoms with Gasteiger partial charge in [0.2, 0.25) is 10.0 Å². The highest BCUT2D eigenvalue weighted by molar-refractivity contribution is 7.89. The second kappa shape index (κ2) is 7.86. The summed E-state index contributed by atoms with van der Waals surface area (Å²) in [6, 6.07) is 10.9. The minimum absolute atomic E-state index is 0.0202. The summed E-state index contributed by atoms with van der Waals surface area (Å²) in [6.07, 6.45) is 1.72. The second-order valence-corrected chi connectivity index (χ2v) is 9.15. The van der Waals surface area contributed by atoms with Gasteiger partial charge in [-0.3, -0.25) is 4.79 Å². The van der Waals surface area contributed by atoms with Gasteiger partial charge in [0.25, 0.3) is 5.91 Å². The van der Waals surface area contributed by atoms with Gasteiger partial charge in [0.05, 0.1) is 6.04 Å². The molecule has 0 unspecified atom stereocenters. The molecule has 2 heterocycles. The van der Waals surface area contributed by atoms with E-state index < -0.39 is 15.9 Å². The molecule has 0 aliphatic carbocycles. The highest BCUT2D eigenvalue weighted by Gasteiger charge is 2.32. The zero-order valence-electron chi connectivity index (χ0n) is 15.9. The van der Waals surface area contributed by atoms with Crippen LogP contribution >= 0.6 is 0 Å². The van der Waals surface area contributed by atoms with Crippen molar-refractivity contribution in [1.29, 1.82) is 0 Å². The molecule has 0 radical (unpaired) electrons. The van der Waals surface area contributed by atoms with Gasteiger partial charge in [0.15, 0.2) is 5.76 Å². The number of hydrogen-bond donors (Lipinski definition) is 1. The molecule has 1 aromatic heterocycles. The number of amides is 1. The second-order valence-electron chi connectivity index (χ2n) is 7.25. The minimum Gasteiger partial charge on any atom is -0.455 e. The van der Waals surface area contributed by atoms with Crippen LogP contribution in [-0.2, 0) is 10.0 Å². The summed E-state index contributed by atoms with van der Waals surface area (Å²) < 4.78 is 32.5. The van der Waals surface area contributed by atoms with E-state index in [9.17, 15) is 13.2 Å². The summed E-state index contributed by atoms with van der Waals surface area (Å²) >= 11 is 0. The van der Waals surface area contributed by atoms with E-state index in [-0.39, 0.29) is 28.4 Å². The van der Waals surface area contributed by atoms with Crippen LogP contribution in [0.3, 0.4) is 0 Å². The summed E-state index contributed by atoms with van der Waals surface area (Å²) in [5.41, 5.74) is 0.994. The van der Waals surface area contributed by atoms with Gasteiger partial charge in [-0.25, -0.2) is 8.42 Å². The molecule has 1 aromatic carbocycles. The van der Waals surface area contributed by atoms with Gasteiger partial charge < -0.3 is 9.73 Å². The number of hydrogen-bond acceptors (Lipinski definition) is 4. The maximum absolute atomic E-state index is 12.8. The number of carbonyl (C=O) groups is 1. The van der Waals surface area contributed by atoms with Crippen molar-refractivity contribution in [2.75, 3.05) is 13.1 Å². The zero-order valence-corrected chi connectivity index (χ0v) is 16.8. The highest BCUT2D eigenvalue weighted by Crippen LogP contribution is 2.27. The van der Waals surface area contributed by atoms with E-state index in [2.05, 4.69) is 5.32 Å². The van der Waals surface area contributed by atoms with Crippen LogP contribution in [0.5, 0.6) is 0 Å². The van der Waals surface area contributed by atoms with Gasteiger partial charge in [-0.1, -0.05) is 44.2 Å². The van der Waals surface area contributed by atoms with Crippen LogP contribution in [0.1, 0.15) is 54.6 Å². The van der Waals surface area contributed by atoms with Crippen molar-refractivity contribution >= 4 is 15.9 Å². The molecule has 7 heteroatoms. The normalized spacial score (nSPS) is 16.6. The largest absolute Gasteiger partial charge is 0.455 e. The quantitative estimate of drug-likeness (QED) is 0.819. The molecule has 1 saturated heterocycles. The SMILES string of the molecule is Cc1oc(C(=O)N[C@H](c2ccccc2)C(C)C)cc1S(=O)(=O)N1CCCC1. The lowest BCUT2D eigenvalue weighted by molar-refractivity contribution is 0.0896. The van der Waals surface area contributed by atoms with Crippen molar-refractivity contribution in [3.63, 3.8) is 0 Å². The topological polar surface area (TPSA) is 79.6 Å². The summed E-state index contributed by atoms with van der Waals surface area (Å²) in [7, 11) is -3.62. The summed E-state index contributed by atoms with van der Waals surface area (Å²) in [5, 5.41) is 2.97. The van der Waals surface area contributed by atoms with Gasteiger partial charge in [-0.2, -0.15) is 4.31 Å². The van der Waals surface area contributed by atoms with E-state index in [4.69, 9.17) is 4.42 Å². The van der Waals surface area contributed by atoms with Crippen molar-refractivity contribution in [2.45, 2.75) is 44.6 Å². The fourth-order valence-corrected chi connectivity index (χ4v) is 5.09. The average molecular weight is 391 g/mol. The highest BCUT2D eigenvalue weighted by atomic mass is 32.2. The van der Waals surface area contributed by atoms with E-state index in [0.717, 1.165) is 18.4 Å². The van der Waals surface area contributed by atoms with E-state index in [1.54, 1.807) is 6.92 Å². The van der Waals surface area contributed by atoms with Crippen LogP contribution in [0.25, 0.3) is 0 Å². The first-order valence-corrected chi connectivity index (χ1v) is 10.7. The summed E-state index contributed by atoms with van der Waals surface area (Å²) in [6.45, 7) is 6.65. The number of rotatable bonds is 6. The van der Waals surface area contributed by atoms with Crippen molar-refractivity contribution in [2.24, 2.45) is 5.92 Å². The lowest BCUT2D eigenvalue weighted by Gasteiger charge is -2.22. The lowest BCUT2D eigenvalue weighted by Crippen LogP contribution is -2.31.